The number of aliphatic hydroxyl groups is 1. The number of hydrogen-bond acceptors (Lipinski definition) is 2. The average molecular weight is 177 g/mol. The van der Waals surface area contributed by atoms with Crippen LogP contribution in [0, 0.1) is 5.92 Å². The summed E-state index contributed by atoms with van der Waals surface area (Å²) in [5.74, 6) is 0.687. The fraction of sp³-hybridized carbons (Fsp3) is 0.545. The van der Waals surface area contributed by atoms with Gasteiger partial charge in [0.2, 0.25) is 0 Å². The summed E-state index contributed by atoms with van der Waals surface area (Å²) >= 11 is 0. The molecule has 1 aromatic heterocycles. The van der Waals surface area contributed by atoms with Gasteiger partial charge in [0.25, 0.3) is 0 Å². The second-order valence-electron chi connectivity index (χ2n) is 4.27. The molecule has 0 amide bonds. The van der Waals surface area contributed by atoms with E-state index in [9.17, 15) is 5.11 Å². The molecule has 70 valence electrons. The highest BCUT2D eigenvalue weighted by atomic mass is 16.3. The molecular formula is C11H15NO. The Morgan fingerprint density at radius 1 is 1.46 bits per heavy atom. The molecule has 0 aromatic carbocycles. The predicted molar refractivity (Wildman–Crippen MR) is 51.3 cm³/mol. The molecule has 1 saturated carbocycles. The van der Waals surface area contributed by atoms with Crippen molar-refractivity contribution >= 4 is 0 Å². The summed E-state index contributed by atoms with van der Waals surface area (Å²) in [6.45, 7) is 2.18. The molecule has 0 aliphatic heterocycles. The van der Waals surface area contributed by atoms with Crippen LogP contribution in [-0.4, -0.2) is 15.7 Å². The Balaban J connectivity index is 1.99. The molecule has 0 unspecified atom stereocenters. The summed E-state index contributed by atoms with van der Waals surface area (Å²) in [6.07, 6.45) is 6.21. The van der Waals surface area contributed by atoms with Crippen LogP contribution in [0.1, 0.15) is 25.3 Å². The molecule has 2 heteroatoms. The molecule has 1 N–H and O–H groups in total. The van der Waals surface area contributed by atoms with Crippen molar-refractivity contribution in [3.05, 3.63) is 30.1 Å². The lowest BCUT2D eigenvalue weighted by Gasteiger charge is -2.42. The summed E-state index contributed by atoms with van der Waals surface area (Å²) < 4.78 is 0. The number of aromatic nitrogens is 1. The quantitative estimate of drug-likeness (QED) is 0.747. The third-order valence-electron chi connectivity index (χ3n) is 2.74. The maximum atomic E-state index is 10.0. The Bertz CT molecular complexity index is 277. The Labute approximate surface area is 78.6 Å². The average Bonchev–Trinajstić information content (AvgIpc) is 2.03. The lowest BCUT2D eigenvalue weighted by atomic mass is 9.69. The topological polar surface area (TPSA) is 33.1 Å². The highest BCUT2D eigenvalue weighted by Gasteiger charge is 2.39. The number of pyridine rings is 1. The first-order valence-electron chi connectivity index (χ1n) is 4.79. The van der Waals surface area contributed by atoms with Crippen molar-refractivity contribution in [1.82, 2.24) is 4.98 Å². The summed E-state index contributed by atoms with van der Waals surface area (Å²) in [5.41, 5.74) is 0.755. The molecule has 1 aromatic rings. The molecule has 0 saturated heterocycles. The van der Waals surface area contributed by atoms with Crippen molar-refractivity contribution in [1.29, 1.82) is 0 Å². The van der Waals surface area contributed by atoms with Gasteiger partial charge in [-0.05, 0) is 36.5 Å². The zero-order valence-electron chi connectivity index (χ0n) is 7.90. The van der Waals surface area contributed by atoms with Gasteiger partial charge < -0.3 is 5.11 Å². The molecule has 1 heterocycles. The molecule has 0 spiro atoms. The minimum absolute atomic E-state index is 0.430. The summed E-state index contributed by atoms with van der Waals surface area (Å²) in [5, 5.41) is 10.0. The maximum Gasteiger partial charge on any atom is 0.0693 e. The molecule has 2 nitrogen and oxygen atoms in total. The molecule has 0 radical (unpaired) electrons. The summed E-state index contributed by atoms with van der Waals surface area (Å²) in [6, 6.07) is 3.95. The Morgan fingerprint density at radius 2 is 2.08 bits per heavy atom. The highest BCUT2D eigenvalue weighted by molar-refractivity contribution is 5.14. The predicted octanol–water partition coefficient (Wildman–Crippen LogP) is 1.79. The van der Waals surface area contributed by atoms with Crippen LogP contribution >= 0.6 is 0 Å². The largest absolute Gasteiger partial charge is 0.390 e. The van der Waals surface area contributed by atoms with Gasteiger partial charge in [0.15, 0.2) is 0 Å². The van der Waals surface area contributed by atoms with E-state index in [0.29, 0.717) is 5.92 Å². The van der Waals surface area contributed by atoms with Crippen molar-refractivity contribution in [2.24, 2.45) is 5.92 Å². The number of rotatable bonds is 2. The van der Waals surface area contributed by atoms with Gasteiger partial charge in [0.1, 0.15) is 0 Å². The van der Waals surface area contributed by atoms with E-state index in [2.05, 4.69) is 11.9 Å². The maximum absolute atomic E-state index is 10.0. The van der Waals surface area contributed by atoms with Gasteiger partial charge in [0.05, 0.1) is 5.60 Å². The lowest BCUT2D eigenvalue weighted by Crippen LogP contribution is -2.44. The first-order chi connectivity index (χ1) is 6.18. The van der Waals surface area contributed by atoms with Crippen LogP contribution in [0.15, 0.2) is 24.5 Å². The van der Waals surface area contributed by atoms with Crippen LogP contribution in [0.3, 0.4) is 0 Å². The third kappa shape index (κ3) is 1.89. The van der Waals surface area contributed by atoms with E-state index in [4.69, 9.17) is 0 Å². The van der Waals surface area contributed by atoms with Crippen LogP contribution in [0.25, 0.3) is 0 Å². The van der Waals surface area contributed by atoms with E-state index in [1.54, 1.807) is 12.4 Å². The van der Waals surface area contributed by atoms with Crippen molar-refractivity contribution < 1.29 is 5.11 Å². The fourth-order valence-electron chi connectivity index (χ4n) is 2.26. The minimum Gasteiger partial charge on any atom is -0.390 e. The normalized spacial score (nSPS) is 32.6. The van der Waals surface area contributed by atoms with Gasteiger partial charge >= 0.3 is 0 Å². The van der Waals surface area contributed by atoms with Gasteiger partial charge in [-0.2, -0.15) is 0 Å². The van der Waals surface area contributed by atoms with Crippen molar-refractivity contribution in [3.63, 3.8) is 0 Å². The van der Waals surface area contributed by atoms with Crippen molar-refractivity contribution in [3.8, 4) is 0 Å². The molecule has 0 bridgehead atoms. The Kier molecular flexibility index (Phi) is 2.08. The van der Waals surface area contributed by atoms with Gasteiger partial charge in [-0.3, -0.25) is 4.98 Å². The smallest absolute Gasteiger partial charge is 0.0693 e. The van der Waals surface area contributed by atoms with Gasteiger partial charge in [-0.25, -0.2) is 0 Å². The Morgan fingerprint density at radius 3 is 2.62 bits per heavy atom. The van der Waals surface area contributed by atoms with Crippen molar-refractivity contribution in [2.45, 2.75) is 31.8 Å². The monoisotopic (exact) mass is 177 g/mol. The molecule has 13 heavy (non-hydrogen) atoms. The number of hydrogen-bond donors (Lipinski definition) is 1. The van der Waals surface area contributed by atoms with Crippen LogP contribution in [0.4, 0.5) is 0 Å². The van der Waals surface area contributed by atoms with Crippen molar-refractivity contribution in [2.75, 3.05) is 0 Å². The second-order valence-corrected chi connectivity index (χ2v) is 4.27. The lowest BCUT2D eigenvalue weighted by molar-refractivity contribution is -0.0665. The van der Waals surface area contributed by atoms with E-state index in [-0.39, 0.29) is 0 Å². The van der Waals surface area contributed by atoms with Crippen LogP contribution in [0.2, 0.25) is 0 Å². The van der Waals surface area contributed by atoms with Gasteiger partial charge in [-0.1, -0.05) is 6.92 Å². The first kappa shape index (κ1) is 8.70. The molecule has 1 fully saturated rings. The second kappa shape index (κ2) is 3.11. The standard InChI is InChI=1S/C11H15NO/c1-9-6-11(13,7-9)8-10-2-4-12-5-3-10/h2-5,9,13H,6-8H2,1H3. The summed E-state index contributed by atoms with van der Waals surface area (Å²) in [4.78, 5) is 3.95. The van der Waals surface area contributed by atoms with E-state index in [0.717, 1.165) is 19.3 Å². The van der Waals surface area contributed by atoms with Crippen LogP contribution < -0.4 is 0 Å². The zero-order chi connectivity index (χ0) is 9.31. The van der Waals surface area contributed by atoms with Crippen LogP contribution in [0.5, 0.6) is 0 Å². The molecule has 2 rings (SSSR count). The van der Waals surface area contributed by atoms with E-state index < -0.39 is 5.60 Å². The van der Waals surface area contributed by atoms with E-state index >= 15 is 0 Å². The molecular weight excluding hydrogens is 162 g/mol. The first-order valence-corrected chi connectivity index (χ1v) is 4.79. The minimum atomic E-state index is -0.430. The third-order valence-corrected chi connectivity index (χ3v) is 2.74. The van der Waals surface area contributed by atoms with Gasteiger partial charge in [-0.15, -0.1) is 0 Å². The highest BCUT2D eigenvalue weighted by Crippen LogP contribution is 2.39. The Hall–Kier alpha value is -0.890. The van der Waals surface area contributed by atoms with E-state index in [1.165, 1.54) is 5.56 Å². The fourth-order valence-corrected chi connectivity index (χ4v) is 2.26. The summed E-state index contributed by atoms with van der Waals surface area (Å²) in [7, 11) is 0. The van der Waals surface area contributed by atoms with Crippen LogP contribution in [-0.2, 0) is 6.42 Å². The molecule has 1 aliphatic carbocycles. The van der Waals surface area contributed by atoms with E-state index in [1.807, 2.05) is 12.1 Å². The molecule has 0 atom stereocenters. The SMILES string of the molecule is CC1CC(O)(Cc2ccncc2)C1. The molecule has 1 aliphatic rings. The number of nitrogens with zero attached hydrogens (tertiary/aromatic N) is 1. The van der Waals surface area contributed by atoms with Gasteiger partial charge in [0, 0.05) is 18.8 Å². The zero-order valence-corrected chi connectivity index (χ0v) is 7.90.